The Morgan fingerprint density at radius 1 is 1.44 bits per heavy atom. The van der Waals surface area contributed by atoms with Crippen LogP contribution in [0.4, 0.5) is 0 Å². The van der Waals surface area contributed by atoms with Crippen LogP contribution in [0.2, 0.25) is 0 Å². The van der Waals surface area contributed by atoms with Gasteiger partial charge in [-0.05, 0) is 45.0 Å². The molecule has 16 heavy (non-hydrogen) atoms. The van der Waals surface area contributed by atoms with Crippen molar-refractivity contribution in [3.8, 4) is 0 Å². The summed E-state index contributed by atoms with van der Waals surface area (Å²) in [5.41, 5.74) is 4.70. The fourth-order valence-corrected chi connectivity index (χ4v) is 3.34. The summed E-state index contributed by atoms with van der Waals surface area (Å²) in [6, 6.07) is 2.31. The molecule has 1 aliphatic heterocycles. The third-order valence-corrected chi connectivity index (χ3v) is 4.42. The van der Waals surface area contributed by atoms with Gasteiger partial charge in [0.05, 0.1) is 4.60 Å². The van der Waals surface area contributed by atoms with Crippen LogP contribution in [0.5, 0.6) is 0 Å². The maximum absolute atomic E-state index is 3.69. The van der Waals surface area contributed by atoms with Gasteiger partial charge in [0.2, 0.25) is 0 Å². The first-order valence-electron chi connectivity index (χ1n) is 5.89. The van der Waals surface area contributed by atoms with Crippen molar-refractivity contribution in [2.24, 2.45) is 0 Å². The van der Waals surface area contributed by atoms with Crippen molar-refractivity contribution in [3.05, 3.63) is 28.0 Å². The van der Waals surface area contributed by atoms with Crippen LogP contribution in [0.25, 0.3) is 5.57 Å². The van der Waals surface area contributed by atoms with Crippen LogP contribution in [-0.2, 0) is 12.0 Å². The second-order valence-electron chi connectivity index (χ2n) is 5.38. The smallest absolute Gasteiger partial charge is 0.0854 e. The fraction of sp³-hybridized carbons (Fsp3) is 0.538. The highest BCUT2D eigenvalue weighted by molar-refractivity contribution is 9.10. The summed E-state index contributed by atoms with van der Waals surface area (Å²) in [6.07, 6.45) is 3.55. The van der Waals surface area contributed by atoms with Gasteiger partial charge < -0.3 is 9.88 Å². The van der Waals surface area contributed by atoms with E-state index < -0.39 is 0 Å². The second kappa shape index (κ2) is 3.47. The van der Waals surface area contributed by atoms with Crippen molar-refractivity contribution >= 4 is 21.5 Å². The first kappa shape index (κ1) is 10.6. The molecule has 2 heterocycles. The largest absolute Gasteiger partial charge is 0.334 e. The number of halogens is 1. The molecule has 0 saturated carbocycles. The molecule has 0 amide bonds. The van der Waals surface area contributed by atoms with Crippen molar-refractivity contribution in [2.75, 3.05) is 13.1 Å². The van der Waals surface area contributed by atoms with Crippen molar-refractivity contribution in [1.82, 2.24) is 9.88 Å². The van der Waals surface area contributed by atoms with Crippen LogP contribution in [0.3, 0.4) is 0 Å². The summed E-state index contributed by atoms with van der Waals surface area (Å²) < 4.78 is 3.63. The monoisotopic (exact) mass is 280 g/mol. The van der Waals surface area contributed by atoms with Gasteiger partial charge in [0.25, 0.3) is 0 Å². The van der Waals surface area contributed by atoms with E-state index in [-0.39, 0.29) is 5.41 Å². The highest BCUT2D eigenvalue weighted by Crippen LogP contribution is 2.42. The van der Waals surface area contributed by atoms with Crippen LogP contribution in [-0.4, -0.2) is 17.7 Å². The van der Waals surface area contributed by atoms with Gasteiger partial charge in [0, 0.05) is 25.3 Å². The minimum Gasteiger partial charge on any atom is -0.334 e. The first-order chi connectivity index (χ1) is 7.59. The summed E-state index contributed by atoms with van der Waals surface area (Å²) in [4.78, 5) is 0. The lowest BCUT2D eigenvalue weighted by atomic mass is 9.76. The Balaban J connectivity index is 2.26. The van der Waals surface area contributed by atoms with E-state index in [1.165, 1.54) is 21.4 Å². The molecule has 0 bridgehead atoms. The molecule has 0 radical (unpaired) electrons. The van der Waals surface area contributed by atoms with Crippen LogP contribution in [0.15, 0.2) is 16.7 Å². The van der Waals surface area contributed by atoms with Crippen LogP contribution in [0.1, 0.15) is 31.5 Å². The minimum absolute atomic E-state index is 0.275. The molecule has 1 aliphatic carbocycles. The molecule has 1 aromatic heterocycles. The molecule has 3 rings (SSSR count). The lowest BCUT2D eigenvalue weighted by Gasteiger charge is -2.29. The molecule has 2 aliphatic rings. The molecule has 2 nitrogen and oxygen atoms in total. The van der Waals surface area contributed by atoms with E-state index in [0.29, 0.717) is 0 Å². The molecular formula is C13H17BrN2. The van der Waals surface area contributed by atoms with Gasteiger partial charge >= 0.3 is 0 Å². The van der Waals surface area contributed by atoms with Crippen molar-refractivity contribution in [3.63, 3.8) is 0 Å². The fourth-order valence-electron chi connectivity index (χ4n) is 2.75. The molecule has 0 atom stereocenters. The normalized spacial score (nSPS) is 22.3. The van der Waals surface area contributed by atoms with Gasteiger partial charge in [-0.25, -0.2) is 0 Å². The Kier molecular flexibility index (Phi) is 2.30. The van der Waals surface area contributed by atoms with Gasteiger partial charge in [-0.3, -0.25) is 0 Å². The number of aromatic nitrogens is 1. The summed E-state index contributed by atoms with van der Waals surface area (Å²) in [5.74, 6) is 0. The van der Waals surface area contributed by atoms with Crippen molar-refractivity contribution in [1.29, 1.82) is 0 Å². The number of hydrogen-bond acceptors (Lipinski definition) is 1. The van der Waals surface area contributed by atoms with Gasteiger partial charge in [-0.1, -0.05) is 19.9 Å². The number of nitrogens with zero attached hydrogens (tertiary/aromatic N) is 1. The molecule has 0 fully saturated rings. The Hall–Kier alpha value is -0.540. The van der Waals surface area contributed by atoms with E-state index in [4.69, 9.17) is 0 Å². The summed E-state index contributed by atoms with van der Waals surface area (Å²) >= 11 is 3.69. The average molecular weight is 281 g/mol. The van der Waals surface area contributed by atoms with E-state index >= 15 is 0 Å². The van der Waals surface area contributed by atoms with Crippen LogP contribution in [0, 0.1) is 0 Å². The predicted octanol–water partition coefficient (Wildman–Crippen LogP) is 2.92. The number of rotatable bonds is 0. The predicted molar refractivity (Wildman–Crippen MR) is 70.6 cm³/mol. The Labute approximate surface area is 105 Å². The SMILES string of the molecule is CC1(C)CC=C2CNCCn3c(Br)cc1c32. The molecule has 86 valence electrons. The molecule has 1 aromatic rings. The van der Waals surface area contributed by atoms with E-state index in [9.17, 15) is 0 Å². The summed E-state index contributed by atoms with van der Waals surface area (Å²) in [5, 5.41) is 3.49. The molecule has 3 heteroatoms. The van der Waals surface area contributed by atoms with Gasteiger partial charge in [-0.2, -0.15) is 0 Å². The van der Waals surface area contributed by atoms with Crippen molar-refractivity contribution in [2.45, 2.75) is 32.2 Å². The first-order valence-corrected chi connectivity index (χ1v) is 6.68. The van der Waals surface area contributed by atoms with Gasteiger partial charge in [0.1, 0.15) is 0 Å². The third kappa shape index (κ3) is 1.41. The number of hydrogen-bond donors (Lipinski definition) is 1. The minimum atomic E-state index is 0.275. The highest BCUT2D eigenvalue weighted by Gasteiger charge is 2.32. The number of nitrogens with one attached hydrogen (secondary N) is 1. The van der Waals surface area contributed by atoms with E-state index in [1.54, 1.807) is 0 Å². The lowest BCUT2D eigenvalue weighted by Crippen LogP contribution is -2.23. The van der Waals surface area contributed by atoms with Crippen LogP contribution < -0.4 is 5.32 Å². The standard InChI is InChI=1S/C13H17BrN2/c1-13(2)4-3-9-8-15-5-6-16-11(14)7-10(13)12(9)16/h3,7,15H,4-6,8H2,1-2H3. The maximum atomic E-state index is 3.69. The molecule has 0 aromatic carbocycles. The molecule has 1 N–H and O–H groups in total. The summed E-state index contributed by atoms with van der Waals surface area (Å²) in [6.45, 7) is 7.79. The average Bonchev–Trinajstić information content (AvgIpc) is 2.46. The van der Waals surface area contributed by atoms with E-state index in [0.717, 1.165) is 26.1 Å². The molecule has 0 unspecified atom stereocenters. The van der Waals surface area contributed by atoms with E-state index in [1.807, 2.05) is 0 Å². The maximum Gasteiger partial charge on any atom is 0.0854 e. The van der Waals surface area contributed by atoms with Crippen molar-refractivity contribution < 1.29 is 0 Å². The summed E-state index contributed by atoms with van der Waals surface area (Å²) in [7, 11) is 0. The van der Waals surface area contributed by atoms with Gasteiger partial charge in [-0.15, -0.1) is 0 Å². The molecular weight excluding hydrogens is 264 g/mol. The molecule has 0 saturated heterocycles. The zero-order valence-corrected chi connectivity index (χ0v) is 11.4. The Morgan fingerprint density at radius 2 is 2.25 bits per heavy atom. The topological polar surface area (TPSA) is 17.0 Å². The quantitative estimate of drug-likeness (QED) is 0.773. The lowest BCUT2D eigenvalue weighted by molar-refractivity contribution is 0.524. The zero-order chi connectivity index (χ0) is 11.3. The zero-order valence-electron chi connectivity index (χ0n) is 9.81. The Morgan fingerprint density at radius 3 is 3.06 bits per heavy atom. The molecule has 0 spiro atoms. The Bertz CT molecular complexity index is 469. The van der Waals surface area contributed by atoms with Crippen LogP contribution >= 0.6 is 15.9 Å². The number of allylic oxidation sites excluding steroid dienone is 1. The highest BCUT2D eigenvalue weighted by atomic mass is 79.9. The third-order valence-electron chi connectivity index (χ3n) is 3.77. The van der Waals surface area contributed by atoms with E-state index in [2.05, 4.69) is 51.8 Å². The second-order valence-corrected chi connectivity index (χ2v) is 6.19. The van der Waals surface area contributed by atoms with Gasteiger partial charge in [0.15, 0.2) is 0 Å².